The first-order valence-electron chi connectivity index (χ1n) is 11.9. The number of hydrogen-bond acceptors (Lipinski definition) is 6. The van der Waals surface area contributed by atoms with Crippen molar-refractivity contribution in [3.63, 3.8) is 0 Å². The molecular formula is C23H35N5O4S. The Morgan fingerprint density at radius 3 is 2.42 bits per heavy atom. The SMILES string of the molecule is CC(=O)N1c2ccc(S(=O)(=O)N3CCCC3)cc2C[C@@H]1C(=O)NCCCN1CCN(C)CC1. The van der Waals surface area contributed by atoms with Gasteiger partial charge in [0.05, 0.1) is 4.90 Å². The summed E-state index contributed by atoms with van der Waals surface area (Å²) in [7, 11) is -1.42. The van der Waals surface area contributed by atoms with Crippen molar-refractivity contribution in [3.05, 3.63) is 23.8 Å². The lowest BCUT2D eigenvalue weighted by Gasteiger charge is -2.32. The number of carbonyl (C=O) groups is 2. The molecular weight excluding hydrogens is 442 g/mol. The van der Waals surface area contributed by atoms with Crippen LogP contribution in [0.5, 0.6) is 0 Å². The topological polar surface area (TPSA) is 93.3 Å². The van der Waals surface area contributed by atoms with Crippen molar-refractivity contribution >= 4 is 27.5 Å². The molecule has 9 nitrogen and oxygen atoms in total. The number of benzene rings is 1. The van der Waals surface area contributed by atoms with Crippen LogP contribution in [0, 0.1) is 0 Å². The largest absolute Gasteiger partial charge is 0.354 e. The van der Waals surface area contributed by atoms with Gasteiger partial charge in [-0.2, -0.15) is 4.31 Å². The number of piperazine rings is 1. The fraction of sp³-hybridized carbons (Fsp3) is 0.652. The van der Waals surface area contributed by atoms with Crippen molar-refractivity contribution in [1.82, 2.24) is 19.4 Å². The van der Waals surface area contributed by atoms with E-state index in [-0.39, 0.29) is 16.7 Å². The van der Waals surface area contributed by atoms with Crippen LogP contribution < -0.4 is 10.2 Å². The number of nitrogens with one attached hydrogen (secondary N) is 1. The van der Waals surface area contributed by atoms with E-state index >= 15 is 0 Å². The minimum atomic E-state index is -3.55. The van der Waals surface area contributed by atoms with E-state index in [1.807, 2.05) is 0 Å². The molecule has 3 aliphatic rings. The highest BCUT2D eigenvalue weighted by Crippen LogP contribution is 2.35. The standard InChI is InChI=1S/C23H35N5O4S/c1-18(29)28-21-7-6-20(33(31,32)27-10-3-4-11-27)16-19(21)17-22(28)23(30)24-8-5-9-26-14-12-25(2)13-15-26/h6-7,16,22H,3-5,8-15,17H2,1-2H3,(H,24,30)/t22-/m1/s1. The van der Waals surface area contributed by atoms with Crippen LogP contribution in [0.1, 0.15) is 31.7 Å². The van der Waals surface area contributed by atoms with Gasteiger partial charge in [0.1, 0.15) is 6.04 Å². The van der Waals surface area contributed by atoms with Crippen molar-refractivity contribution in [2.24, 2.45) is 0 Å². The van der Waals surface area contributed by atoms with Crippen molar-refractivity contribution in [3.8, 4) is 0 Å². The molecule has 182 valence electrons. The fourth-order valence-electron chi connectivity index (χ4n) is 4.97. The van der Waals surface area contributed by atoms with Gasteiger partial charge in [0.25, 0.3) is 0 Å². The summed E-state index contributed by atoms with van der Waals surface area (Å²) < 4.78 is 27.4. The van der Waals surface area contributed by atoms with Gasteiger partial charge in [0.15, 0.2) is 0 Å². The van der Waals surface area contributed by atoms with Gasteiger partial charge in [-0.15, -0.1) is 0 Å². The first-order chi connectivity index (χ1) is 15.8. The first-order valence-corrected chi connectivity index (χ1v) is 13.3. The number of sulfonamides is 1. The van der Waals surface area contributed by atoms with Crippen LogP contribution in [0.4, 0.5) is 5.69 Å². The van der Waals surface area contributed by atoms with Crippen LogP contribution in [0.25, 0.3) is 0 Å². The zero-order valence-corrected chi connectivity index (χ0v) is 20.4. The molecule has 3 aliphatic heterocycles. The summed E-state index contributed by atoms with van der Waals surface area (Å²) in [4.78, 5) is 31.8. The van der Waals surface area contributed by atoms with Crippen LogP contribution in [0.2, 0.25) is 0 Å². The quantitative estimate of drug-likeness (QED) is 0.575. The molecule has 1 aromatic rings. The third-order valence-corrected chi connectivity index (χ3v) is 8.82. The lowest BCUT2D eigenvalue weighted by molar-refractivity contribution is -0.125. The van der Waals surface area contributed by atoms with Gasteiger partial charge < -0.3 is 15.1 Å². The maximum atomic E-state index is 13.0. The zero-order valence-electron chi connectivity index (χ0n) is 19.6. The summed E-state index contributed by atoms with van der Waals surface area (Å²) in [6, 6.07) is 4.21. The number of likely N-dealkylation sites (N-methyl/N-ethyl adjacent to an activating group) is 1. The second kappa shape index (κ2) is 10.1. The van der Waals surface area contributed by atoms with E-state index in [4.69, 9.17) is 0 Å². The highest BCUT2D eigenvalue weighted by Gasteiger charge is 2.38. The molecule has 1 aromatic carbocycles. The molecule has 0 radical (unpaired) electrons. The average Bonchev–Trinajstić information content (AvgIpc) is 3.46. The number of anilines is 1. The van der Waals surface area contributed by atoms with Crippen LogP contribution in [-0.4, -0.2) is 99.8 Å². The van der Waals surface area contributed by atoms with Crippen LogP contribution in [-0.2, 0) is 26.0 Å². The van der Waals surface area contributed by atoms with Gasteiger partial charge in [0.2, 0.25) is 21.8 Å². The number of amides is 2. The van der Waals surface area contributed by atoms with Crippen molar-refractivity contribution < 1.29 is 18.0 Å². The van der Waals surface area contributed by atoms with Crippen molar-refractivity contribution in [2.45, 2.75) is 43.5 Å². The lowest BCUT2D eigenvalue weighted by atomic mass is 10.1. The van der Waals surface area contributed by atoms with Crippen LogP contribution >= 0.6 is 0 Å². The maximum Gasteiger partial charge on any atom is 0.243 e. The molecule has 1 N–H and O–H groups in total. The minimum Gasteiger partial charge on any atom is -0.354 e. The van der Waals surface area contributed by atoms with E-state index in [9.17, 15) is 18.0 Å². The number of nitrogens with zero attached hydrogens (tertiary/aromatic N) is 4. The lowest BCUT2D eigenvalue weighted by Crippen LogP contribution is -2.48. The van der Waals surface area contributed by atoms with E-state index < -0.39 is 16.1 Å². The van der Waals surface area contributed by atoms with Gasteiger partial charge in [-0.1, -0.05) is 0 Å². The number of fused-ring (bicyclic) bond motifs is 1. The molecule has 2 amide bonds. The van der Waals surface area contributed by atoms with Gasteiger partial charge in [-0.25, -0.2) is 8.42 Å². The summed E-state index contributed by atoms with van der Waals surface area (Å²) in [6.07, 6.45) is 2.93. The van der Waals surface area contributed by atoms with Crippen molar-refractivity contribution in [1.29, 1.82) is 0 Å². The molecule has 33 heavy (non-hydrogen) atoms. The Bertz CT molecular complexity index is 985. The highest BCUT2D eigenvalue weighted by atomic mass is 32.2. The molecule has 0 saturated carbocycles. The summed E-state index contributed by atoms with van der Waals surface area (Å²) in [6.45, 7) is 8.23. The molecule has 0 aromatic heterocycles. The molecule has 4 rings (SSSR count). The number of rotatable bonds is 7. The monoisotopic (exact) mass is 477 g/mol. The zero-order chi connectivity index (χ0) is 23.6. The molecule has 3 heterocycles. The fourth-order valence-corrected chi connectivity index (χ4v) is 6.54. The molecule has 10 heteroatoms. The van der Waals surface area contributed by atoms with Crippen LogP contribution in [0.3, 0.4) is 0 Å². The van der Waals surface area contributed by atoms with E-state index in [1.165, 1.54) is 16.1 Å². The number of hydrogen-bond donors (Lipinski definition) is 1. The average molecular weight is 478 g/mol. The summed E-state index contributed by atoms with van der Waals surface area (Å²) in [5.74, 6) is -0.412. The molecule has 0 bridgehead atoms. The molecule has 2 saturated heterocycles. The van der Waals surface area contributed by atoms with E-state index in [1.54, 1.807) is 18.2 Å². The minimum absolute atomic E-state index is 0.191. The summed E-state index contributed by atoms with van der Waals surface area (Å²) >= 11 is 0. The van der Waals surface area contributed by atoms with Crippen molar-refractivity contribution in [2.75, 3.05) is 64.3 Å². The molecule has 1 atom stereocenters. The van der Waals surface area contributed by atoms with E-state index in [2.05, 4.69) is 22.2 Å². The predicted octanol–water partition coefficient (Wildman–Crippen LogP) is 0.502. The van der Waals surface area contributed by atoms with Crippen LogP contribution in [0.15, 0.2) is 23.1 Å². The van der Waals surface area contributed by atoms with Gasteiger partial charge in [-0.05, 0) is 56.6 Å². The summed E-state index contributed by atoms with van der Waals surface area (Å²) in [5, 5.41) is 2.99. The van der Waals surface area contributed by atoms with Gasteiger partial charge >= 0.3 is 0 Å². The molecule has 0 aliphatic carbocycles. The molecule has 0 spiro atoms. The van der Waals surface area contributed by atoms with Gasteiger partial charge in [-0.3, -0.25) is 14.5 Å². The maximum absolute atomic E-state index is 13.0. The Hall–Kier alpha value is -2.01. The highest BCUT2D eigenvalue weighted by molar-refractivity contribution is 7.89. The third-order valence-electron chi connectivity index (χ3n) is 6.93. The Balaban J connectivity index is 1.38. The first kappa shape index (κ1) is 24.1. The Morgan fingerprint density at radius 1 is 1.06 bits per heavy atom. The Labute approximate surface area is 196 Å². The Kier molecular flexibility index (Phi) is 7.37. The normalized spacial score (nSPS) is 22.5. The second-order valence-corrected chi connectivity index (χ2v) is 11.2. The Morgan fingerprint density at radius 2 is 1.76 bits per heavy atom. The van der Waals surface area contributed by atoms with E-state index in [0.717, 1.165) is 57.5 Å². The van der Waals surface area contributed by atoms with E-state index in [0.29, 0.717) is 31.7 Å². The molecule has 0 unspecified atom stereocenters. The second-order valence-electron chi connectivity index (χ2n) is 9.30. The number of carbonyl (C=O) groups excluding carboxylic acids is 2. The van der Waals surface area contributed by atoms with Gasteiger partial charge in [0, 0.05) is 64.8 Å². The molecule has 2 fully saturated rings. The smallest absolute Gasteiger partial charge is 0.243 e. The predicted molar refractivity (Wildman–Crippen MR) is 127 cm³/mol. The summed E-state index contributed by atoms with van der Waals surface area (Å²) in [5.41, 5.74) is 1.35. The third kappa shape index (κ3) is 5.24.